The van der Waals surface area contributed by atoms with Crippen LogP contribution in [-0.2, 0) is 9.53 Å². The van der Waals surface area contributed by atoms with E-state index in [2.05, 4.69) is 9.97 Å². The fourth-order valence-electron chi connectivity index (χ4n) is 1.06. The number of anilines is 1. The van der Waals surface area contributed by atoms with Crippen molar-refractivity contribution in [2.75, 3.05) is 25.1 Å². The van der Waals surface area contributed by atoms with Crippen molar-refractivity contribution in [1.82, 2.24) is 9.97 Å². The van der Waals surface area contributed by atoms with Gasteiger partial charge in [-0.3, -0.25) is 4.79 Å². The van der Waals surface area contributed by atoms with Crippen LogP contribution in [0.25, 0.3) is 0 Å². The monoisotopic (exact) mass is 220 g/mol. The minimum atomic E-state index is -0.323. The molecule has 0 bridgehead atoms. The number of hydrogen-bond donors (Lipinski definition) is 0. The number of ether oxygens (including phenoxy) is 1. The molecule has 1 aromatic rings. The van der Waals surface area contributed by atoms with Gasteiger partial charge >= 0.3 is 5.97 Å². The molecule has 1 aromatic heterocycles. The second-order valence-electron chi connectivity index (χ2n) is 3.03. The van der Waals surface area contributed by atoms with Gasteiger partial charge in [0.05, 0.1) is 19.0 Å². The van der Waals surface area contributed by atoms with E-state index in [1.807, 2.05) is 6.07 Å². The third-order valence-electron chi connectivity index (χ3n) is 1.82. The molecule has 0 saturated heterocycles. The van der Waals surface area contributed by atoms with Crippen LogP contribution in [0.15, 0.2) is 12.4 Å². The topological polar surface area (TPSA) is 79.1 Å². The molecule has 0 aliphatic heterocycles. The van der Waals surface area contributed by atoms with Crippen LogP contribution >= 0.6 is 0 Å². The summed E-state index contributed by atoms with van der Waals surface area (Å²) in [7, 11) is 1.70. The summed E-state index contributed by atoms with van der Waals surface area (Å²) in [6.45, 7) is 2.21. The van der Waals surface area contributed by atoms with Gasteiger partial charge in [0.15, 0.2) is 5.69 Å². The molecule has 0 fully saturated rings. The number of carbonyl (C=O) groups excluding carboxylic acids is 1. The zero-order valence-electron chi connectivity index (χ0n) is 9.17. The number of nitriles is 1. The first kappa shape index (κ1) is 11.9. The molecule has 0 atom stereocenters. The summed E-state index contributed by atoms with van der Waals surface area (Å²) in [5.74, 6) is 0.197. The lowest BCUT2D eigenvalue weighted by Gasteiger charge is -2.15. The van der Waals surface area contributed by atoms with Crippen molar-refractivity contribution in [3.63, 3.8) is 0 Å². The first-order valence-electron chi connectivity index (χ1n) is 4.76. The molecule has 1 heterocycles. The van der Waals surface area contributed by atoms with Crippen LogP contribution in [0.1, 0.15) is 12.6 Å². The molecule has 16 heavy (non-hydrogen) atoms. The van der Waals surface area contributed by atoms with Crippen LogP contribution in [0.4, 0.5) is 5.82 Å². The summed E-state index contributed by atoms with van der Waals surface area (Å²) in [5, 5.41) is 8.54. The smallest absolute Gasteiger partial charge is 0.325 e. The number of esters is 1. The number of rotatable bonds is 4. The Morgan fingerprint density at radius 2 is 2.31 bits per heavy atom. The highest BCUT2D eigenvalue weighted by molar-refractivity contribution is 5.75. The van der Waals surface area contributed by atoms with Crippen LogP contribution in [0.2, 0.25) is 0 Å². The largest absolute Gasteiger partial charge is 0.465 e. The average Bonchev–Trinajstić information content (AvgIpc) is 2.29. The van der Waals surface area contributed by atoms with E-state index in [0.29, 0.717) is 12.4 Å². The standard InChI is InChI=1S/C10H12N4O2/c1-3-16-10(15)7-14(2)9-6-12-8(4-11)5-13-9/h5-6H,3,7H2,1-2H3. The Labute approximate surface area is 93.5 Å². The van der Waals surface area contributed by atoms with Gasteiger partial charge in [-0.1, -0.05) is 0 Å². The van der Waals surface area contributed by atoms with Crippen molar-refractivity contribution in [3.05, 3.63) is 18.1 Å². The molecule has 0 amide bonds. The first-order chi connectivity index (χ1) is 7.67. The van der Waals surface area contributed by atoms with E-state index < -0.39 is 0 Å². The molecular weight excluding hydrogens is 208 g/mol. The van der Waals surface area contributed by atoms with Gasteiger partial charge in [-0.15, -0.1) is 0 Å². The maximum Gasteiger partial charge on any atom is 0.325 e. The van der Waals surface area contributed by atoms with Crippen molar-refractivity contribution in [3.8, 4) is 6.07 Å². The Bertz CT molecular complexity index is 396. The van der Waals surface area contributed by atoms with E-state index in [-0.39, 0.29) is 18.2 Å². The van der Waals surface area contributed by atoms with Gasteiger partial charge in [-0.25, -0.2) is 9.97 Å². The van der Waals surface area contributed by atoms with Crippen LogP contribution in [0, 0.1) is 11.3 Å². The second-order valence-corrected chi connectivity index (χ2v) is 3.03. The Hall–Kier alpha value is -2.16. The number of aromatic nitrogens is 2. The lowest BCUT2D eigenvalue weighted by Crippen LogP contribution is -2.27. The van der Waals surface area contributed by atoms with Gasteiger partial charge in [0.1, 0.15) is 18.4 Å². The molecule has 0 saturated carbocycles. The van der Waals surface area contributed by atoms with E-state index in [9.17, 15) is 4.79 Å². The Balaban J connectivity index is 2.63. The highest BCUT2D eigenvalue weighted by atomic mass is 16.5. The molecule has 6 nitrogen and oxygen atoms in total. The van der Waals surface area contributed by atoms with Crippen molar-refractivity contribution in [2.45, 2.75) is 6.92 Å². The summed E-state index contributed by atoms with van der Waals surface area (Å²) in [5.41, 5.74) is 0.244. The molecule has 6 heteroatoms. The third-order valence-corrected chi connectivity index (χ3v) is 1.82. The molecular formula is C10H12N4O2. The van der Waals surface area contributed by atoms with Crippen LogP contribution in [0.3, 0.4) is 0 Å². The summed E-state index contributed by atoms with van der Waals surface area (Å²) >= 11 is 0. The normalized spacial score (nSPS) is 9.31. The van der Waals surface area contributed by atoms with Crippen LogP contribution in [0.5, 0.6) is 0 Å². The predicted octanol–water partition coefficient (Wildman–Crippen LogP) is 0.348. The quantitative estimate of drug-likeness (QED) is 0.681. The minimum absolute atomic E-state index is 0.106. The van der Waals surface area contributed by atoms with Crippen molar-refractivity contribution in [2.24, 2.45) is 0 Å². The van der Waals surface area contributed by atoms with E-state index in [1.54, 1.807) is 18.9 Å². The predicted molar refractivity (Wildman–Crippen MR) is 56.7 cm³/mol. The summed E-state index contributed by atoms with van der Waals surface area (Å²) < 4.78 is 4.80. The van der Waals surface area contributed by atoms with Gasteiger partial charge in [-0.05, 0) is 6.92 Å². The van der Waals surface area contributed by atoms with E-state index in [0.717, 1.165) is 0 Å². The van der Waals surface area contributed by atoms with E-state index in [4.69, 9.17) is 10.00 Å². The average molecular weight is 220 g/mol. The zero-order valence-corrected chi connectivity index (χ0v) is 9.17. The summed E-state index contributed by atoms with van der Waals surface area (Å²) in [6, 6.07) is 1.87. The maximum atomic E-state index is 11.2. The molecule has 1 rings (SSSR count). The molecule has 0 aliphatic carbocycles. The Kier molecular flexibility index (Phi) is 4.21. The zero-order chi connectivity index (χ0) is 12.0. The second kappa shape index (κ2) is 5.66. The van der Waals surface area contributed by atoms with Crippen LogP contribution < -0.4 is 4.90 Å². The van der Waals surface area contributed by atoms with Gasteiger partial charge in [0.25, 0.3) is 0 Å². The van der Waals surface area contributed by atoms with Gasteiger partial charge < -0.3 is 9.64 Å². The molecule has 0 unspecified atom stereocenters. The number of carbonyl (C=O) groups is 1. The Morgan fingerprint density at radius 1 is 1.56 bits per heavy atom. The van der Waals surface area contributed by atoms with E-state index >= 15 is 0 Å². The van der Waals surface area contributed by atoms with Gasteiger partial charge in [-0.2, -0.15) is 5.26 Å². The fourth-order valence-corrected chi connectivity index (χ4v) is 1.06. The number of nitrogens with zero attached hydrogens (tertiary/aromatic N) is 4. The SMILES string of the molecule is CCOC(=O)CN(C)c1cnc(C#N)cn1. The Morgan fingerprint density at radius 3 is 2.81 bits per heavy atom. The minimum Gasteiger partial charge on any atom is -0.465 e. The van der Waals surface area contributed by atoms with Crippen molar-refractivity contribution < 1.29 is 9.53 Å². The number of hydrogen-bond acceptors (Lipinski definition) is 6. The maximum absolute atomic E-state index is 11.2. The highest BCUT2D eigenvalue weighted by Crippen LogP contribution is 2.05. The summed E-state index contributed by atoms with van der Waals surface area (Å²) in [4.78, 5) is 20.6. The lowest BCUT2D eigenvalue weighted by molar-refractivity contribution is -0.141. The molecule has 0 spiro atoms. The molecule has 0 N–H and O–H groups in total. The molecule has 0 aliphatic rings. The molecule has 0 aromatic carbocycles. The fraction of sp³-hybridized carbons (Fsp3) is 0.400. The van der Waals surface area contributed by atoms with Gasteiger partial charge in [0.2, 0.25) is 0 Å². The van der Waals surface area contributed by atoms with Crippen LogP contribution in [-0.4, -0.2) is 36.1 Å². The molecule has 84 valence electrons. The third kappa shape index (κ3) is 3.20. The lowest BCUT2D eigenvalue weighted by atomic mass is 10.4. The summed E-state index contributed by atoms with van der Waals surface area (Å²) in [6.07, 6.45) is 2.80. The first-order valence-corrected chi connectivity index (χ1v) is 4.76. The van der Waals surface area contributed by atoms with E-state index in [1.165, 1.54) is 12.4 Å². The molecule has 0 radical (unpaired) electrons. The number of likely N-dealkylation sites (N-methyl/N-ethyl adjacent to an activating group) is 1. The van der Waals surface area contributed by atoms with Crippen molar-refractivity contribution >= 4 is 11.8 Å². The highest BCUT2D eigenvalue weighted by Gasteiger charge is 2.09. The van der Waals surface area contributed by atoms with Gasteiger partial charge in [0, 0.05) is 7.05 Å². The van der Waals surface area contributed by atoms with Crippen molar-refractivity contribution in [1.29, 1.82) is 5.26 Å².